The first-order valence-electron chi connectivity index (χ1n) is 7.75. The lowest BCUT2D eigenvalue weighted by Crippen LogP contribution is -2.51. The summed E-state index contributed by atoms with van der Waals surface area (Å²) in [6.45, 7) is 12.2. The van der Waals surface area contributed by atoms with Gasteiger partial charge in [0.25, 0.3) is 0 Å². The predicted octanol–water partition coefficient (Wildman–Crippen LogP) is 2.12. The van der Waals surface area contributed by atoms with Crippen molar-refractivity contribution in [3.05, 3.63) is 0 Å². The molecule has 2 fully saturated rings. The second-order valence-electron chi connectivity index (χ2n) is 6.26. The van der Waals surface area contributed by atoms with Gasteiger partial charge in [0, 0.05) is 25.2 Å². The van der Waals surface area contributed by atoms with Crippen LogP contribution in [0.3, 0.4) is 0 Å². The van der Waals surface area contributed by atoms with E-state index >= 15 is 0 Å². The van der Waals surface area contributed by atoms with Crippen LogP contribution in [0.4, 0.5) is 0 Å². The average molecular weight is 254 g/mol. The summed E-state index contributed by atoms with van der Waals surface area (Å²) in [4.78, 5) is 2.64. The summed E-state index contributed by atoms with van der Waals surface area (Å²) in [6.07, 6.45) is 4.15. The summed E-state index contributed by atoms with van der Waals surface area (Å²) in [7, 11) is 0. The molecule has 0 aromatic carbocycles. The van der Waals surface area contributed by atoms with Crippen LogP contribution in [0.5, 0.6) is 0 Å². The minimum atomic E-state index is 0.596. The van der Waals surface area contributed by atoms with Gasteiger partial charge >= 0.3 is 0 Å². The Morgan fingerprint density at radius 2 is 2.11 bits per heavy atom. The zero-order chi connectivity index (χ0) is 13.0. The fraction of sp³-hybridized carbons (Fsp3) is 1.00. The topological polar surface area (TPSA) is 24.5 Å². The summed E-state index contributed by atoms with van der Waals surface area (Å²) in [5, 5.41) is 3.70. The predicted molar refractivity (Wildman–Crippen MR) is 75.8 cm³/mol. The first-order chi connectivity index (χ1) is 8.70. The van der Waals surface area contributed by atoms with Crippen LogP contribution in [0.2, 0.25) is 0 Å². The van der Waals surface area contributed by atoms with E-state index in [0.717, 1.165) is 44.2 Å². The molecule has 3 heteroatoms. The fourth-order valence-corrected chi connectivity index (χ4v) is 3.57. The van der Waals surface area contributed by atoms with E-state index in [1.807, 2.05) is 0 Å². The summed E-state index contributed by atoms with van der Waals surface area (Å²) >= 11 is 0. The van der Waals surface area contributed by atoms with Gasteiger partial charge in [-0.25, -0.2) is 0 Å². The Morgan fingerprint density at radius 1 is 1.28 bits per heavy atom. The Morgan fingerprint density at radius 3 is 2.83 bits per heavy atom. The molecule has 0 aromatic rings. The second kappa shape index (κ2) is 6.88. The Kier molecular flexibility index (Phi) is 5.46. The molecule has 0 amide bonds. The van der Waals surface area contributed by atoms with Crippen LogP contribution in [0.15, 0.2) is 0 Å². The van der Waals surface area contributed by atoms with Gasteiger partial charge < -0.3 is 10.1 Å². The Balaban J connectivity index is 1.90. The molecule has 18 heavy (non-hydrogen) atoms. The third-order valence-electron chi connectivity index (χ3n) is 4.69. The molecule has 1 saturated carbocycles. The molecule has 0 spiro atoms. The number of morpholine rings is 1. The molecule has 1 aliphatic heterocycles. The Labute approximate surface area is 112 Å². The molecule has 1 heterocycles. The van der Waals surface area contributed by atoms with E-state index in [2.05, 4.69) is 31.0 Å². The lowest BCUT2D eigenvalue weighted by molar-refractivity contribution is -0.0142. The van der Waals surface area contributed by atoms with Crippen molar-refractivity contribution in [2.24, 2.45) is 11.8 Å². The minimum absolute atomic E-state index is 0.596. The average Bonchev–Trinajstić information content (AvgIpc) is 2.36. The Bertz CT molecular complexity index is 247. The molecule has 1 saturated heterocycles. The lowest BCUT2D eigenvalue weighted by Gasteiger charge is -2.41. The molecule has 2 aliphatic rings. The molecule has 0 aromatic heterocycles. The number of nitrogens with one attached hydrogen (secondary N) is 1. The van der Waals surface area contributed by atoms with Crippen molar-refractivity contribution in [1.29, 1.82) is 0 Å². The largest absolute Gasteiger partial charge is 0.379 e. The maximum absolute atomic E-state index is 5.54. The summed E-state index contributed by atoms with van der Waals surface area (Å²) in [5.41, 5.74) is 0. The highest BCUT2D eigenvalue weighted by molar-refractivity contribution is 4.86. The van der Waals surface area contributed by atoms with E-state index in [4.69, 9.17) is 4.74 Å². The van der Waals surface area contributed by atoms with Crippen LogP contribution in [0.1, 0.15) is 40.0 Å². The van der Waals surface area contributed by atoms with Crippen LogP contribution in [-0.4, -0.2) is 49.8 Å². The van der Waals surface area contributed by atoms with Gasteiger partial charge in [-0.15, -0.1) is 0 Å². The number of rotatable bonds is 4. The first kappa shape index (κ1) is 14.3. The normalized spacial score (nSPS) is 38.8. The van der Waals surface area contributed by atoms with Gasteiger partial charge in [-0.3, -0.25) is 4.90 Å². The van der Waals surface area contributed by atoms with E-state index in [0.29, 0.717) is 6.04 Å². The van der Waals surface area contributed by atoms with E-state index in [9.17, 15) is 0 Å². The van der Waals surface area contributed by atoms with E-state index in [1.165, 1.54) is 25.8 Å². The van der Waals surface area contributed by atoms with Gasteiger partial charge in [0.1, 0.15) is 0 Å². The SMILES string of the molecule is CCNC1CCC(C)CC1CN1CCOCC1C. The van der Waals surface area contributed by atoms with E-state index in [1.54, 1.807) is 0 Å². The fourth-order valence-electron chi connectivity index (χ4n) is 3.57. The van der Waals surface area contributed by atoms with Crippen molar-refractivity contribution in [2.75, 3.05) is 32.8 Å². The molecule has 0 radical (unpaired) electrons. The van der Waals surface area contributed by atoms with Gasteiger partial charge in [0.05, 0.1) is 13.2 Å². The number of hydrogen-bond donors (Lipinski definition) is 1. The van der Waals surface area contributed by atoms with Gasteiger partial charge in [0.2, 0.25) is 0 Å². The molecule has 1 aliphatic carbocycles. The maximum atomic E-state index is 5.54. The summed E-state index contributed by atoms with van der Waals surface area (Å²) in [6, 6.07) is 1.33. The Hall–Kier alpha value is -0.120. The smallest absolute Gasteiger partial charge is 0.0619 e. The number of ether oxygens (including phenoxy) is 1. The molecule has 3 nitrogen and oxygen atoms in total. The van der Waals surface area contributed by atoms with E-state index < -0.39 is 0 Å². The molecule has 106 valence electrons. The van der Waals surface area contributed by atoms with Crippen LogP contribution in [-0.2, 0) is 4.74 Å². The van der Waals surface area contributed by atoms with Crippen molar-refractivity contribution in [1.82, 2.24) is 10.2 Å². The van der Waals surface area contributed by atoms with Crippen molar-refractivity contribution in [2.45, 2.75) is 52.1 Å². The van der Waals surface area contributed by atoms with Crippen molar-refractivity contribution >= 4 is 0 Å². The molecule has 4 unspecified atom stereocenters. The third-order valence-corrected chi connectivity index (χ3v) is 4.69. The highest BCUT2D eigenvalue weighted by Gasteiger charge is 2.31. The van der Waals surface area contributed by atoms with Gasteiger partial charge in [-0.2, -0.15) is 0 Å². The molecule has 0 bridgehead atoms. The van der Waals surface area contributed by atoms with Crippen LogP contribution in [0.25, 0.3) is 0 Å². The first-order valence-corrected chi connectivity index (χ1v) is 7.75. The highest BCUT2D eigenvalue weighted by Crippen LogP contribution is 2.30. The minimum Gasteiger partial charge on any atom is -0.379 e. The molecular formula is C15H30N2O. The quantitative estimate of drug-likeness (QED) is 0.832. The van der Waals surface area contributed by atoms with Crippen molar-refractivity contribution < 1.29 is 4.74 Å². The monoisotopic (exact) mass is 254 g/mol. The molecular weight excluding hydrogens is 224 g/mol. The van der Waals surface area contributed by atoms with Crippen molar-refractivity contribution in [3.63, 3.8) is 0 Å². The highest BCUT2D eigenvalue weighted by atomic mass is 16.5. The van der Waals surface area contributed by atoms with Gasteiger partial charge in [0.15, 0.2) is 0 Å². The second-order valence-corrected chi connectivity index (χ2v) is 6.26. The molecule has 4 atom stereocenters. The molecule has 1 N–H and O–H groups in total. The summed E-state index contributed by atoms with van der Waals surface area (Å²) < 4.78 is 5.54. The van der Waals surface area contributed by atoms with Gasteiger partial charge in [-0.05, 0) is 44.6 Å². The lowest BCUT2D eigenvalue weighted by atomic mass is 9.78. The number of nitrogens with zero attached hydrogens (tertiary/aromatic N) is 1. The maximum Gasteiger partial charge on any atom is 0.0619 e. The zero-order valence-corrected chi connectivity index (χ0v) is 12.3. The van der Waals surface area contributed by atoms with Gasteiger partial charge in [-0.1, -0.05) is 13.8 Å². The van der Waals surface area contributed by atoms with E-state index in [-0.39, 0.29) is 0 Å². The number of hydrogen-bond acceptors (Lipinski definition) is 3. The van der Waals surface area contributed by atoms with Crippen LogP contribution < -0.4 is 5.32 Å². The molecule has 2 rings (SSSR count). The standard InChI is InChI=1S/C15H30N2O/c1-4-16-15-6-5-12(2)9-14(15)10-17-7-8-18-11-13(17)3/h12-16H,4-11H2,1-3H3. The third kappa shape index (κ3) is 3.69. The van der Waals surface area contributed by atoms with Crippen molar-refractivity contribution in [3.8, 4) is 0 Å². The zero-order valence-electron chi connectivity index (χ0n) is 12.3. The van der Waals surface area contributed by atoms with Crippen LogP contribution in [0, 0.1) is 11.8 Å². The van der Waals surface area contributed by atoms with Crippen LogP contribution >= 0.6 is 0 Å². The summed E-state index contributed by atoms with van der Waals surface area (Å²) in [5.74, 6) is 1.73.